The molecule has 4 N–H and O–H groups in total. The SMILES string of the molecule is CCCCN=C(N)/C(C#N)=C/c1[nH]c2ccccc2c1O. The highest BCUT2D eigenvalue weighted by molar-refractivity contribution is 6.05. The van der Waals surface area contributed by atoms with Crippen molar-refractivity contribution >= 4 is 22.8 Å². The summed E-state index contributed by atoms with van der Waals surface area (Å²) in [5.41, 5.74) is 7.33. The van der Waals surface area contributed by atoms with Gasteiger partial charge in [-0.25, -0.2) is 0 Å². The molecule has 0 aliphatic carbocycles. The molecule has 0 spiro atoms. The highest BCUT2D eigenvalue weighted by Crippen LogP contribution is 2.29. The van der Waals surface area contributed by atoms with Crippen molar-refractivity contribution in [3.8, 4) is 11.8 Å². The lowest BCUT2D eigenvalue weighted by atomic mass is 10.2. The molecule has 0 aliphatic rings. The predicted octanol–water partition coefficient (Wildman–Crippen LogP) is 2.94. The lowest BCUT2D eigenvalue weighted by Gasteiger charge is -1.99. The first-order valence-electron chi connectivity index (χ1n) is 6.89. The summed E-state index contributed by atoms with van der Waals surface area (Å²) < 4.78 is 0. The van der Waals surface area contributed by atoms with E-state index in [2.05, 4.69) is 16.9 Å². The van der Waals surface area contributed by atoms with E-state index >= 15 is 0 Å². The van der Waals surface area contributed by atoms with Gasteiger partial charge in [-0.15, -0.1) is 0 Å². The van der Waals surface area contributed by atoms with E-state index in [1.807, 2.05) is 30.3 Å². The molecule has 0 atom stereocenters. The van der Waals surface area contributed by atoms with E-state index in [1.165, 1.54) is 6.08 Å². The molecule has 0 bridgehead atoms. The number of aromatic nitrogens is 1. The summed E-state index contributed by atoms with van der Waals surface area (Å²) in [7, 11) is 0. The van der Waals surface area contributed by atoms with Gasteiger partial charge in [-0.3, -0.25) is 4.99 Å². The second-order valence-electron chi connectivity index (χ2n) is 4.72. The highest BCUT2D eigenvalue weighted by atomic mass is 16.3. The van der Waals surface area contributed by atoms with Crippen molar-refractivity contribution in [1.82, 2.24) is 4.98 Å². The predicted molar refractivity (Wildman–Crippen MR) is 85.0 cm³/mol. The number of unbranched alkanes of at least 4 members (excludes halogenated alkanes) is 1. The average molecular weight is 282 g/mol. The Labute approximate surface area is 123 Å². The minimum atomic E-state index is 0.111. The monoisotopic (exact) mass is 282 g/mol. The fraction of sp³-hybridized carbons (Fsp3) is 0.250. The molecular formula is C16H18N4O. The summed E-state index contributed by atoms with van der Waals surface area (Å²) in [6.07, 6.45) is 3.47. The van der Waals surface area contributed by atoms with Crippen molar-refractivity contribution in [3.63, 3.8) is 0 Å². The van der Waals surface area contributed by atoms with Gasteiger partial charge < -0.3 is 15.8 Å². The maximum absolute atomic E-state index is 10.2. The number of aliphatic imine (C=N–C) groups is 1. The third-order valence-electron chi connectivity index (χ3n) is 3.19. The molecule has 5 nitrogen and oxygen atoms in total. The van der Waals surface area contributed by atoms with Crippen LogP contribution in [0.3, 0.4) is 0 Å². The van der Waals surface area contributed by atoms with Gasteiger partial charge in [-0.1, -0.05) is 25.5 Å². The van der Waals surface area contributed by atoms with Crippen molar-refractivity contribution < 1.29 is 5.11 Å². The van der Waals surface area contributed by atoms with E-state index in [9.17, 15) is 10.4 Å². The van der Waals surface area contributed by atoms with Crippen LogP contribution in [0.15, 0.2) is 34.8 Å². The Hall–Kier alpha value is -2.74. The maximum atomic E-state index is 10.2. The summed E-state index contributed by atoms with van der Waals surface area (Å²) in [4.78, 5) is 7.24. The van der Waals surface area contributed by atoms with Gasteiger partial charge in [0.15, 0.2) is 0 Å². The summed E-state index contributed by atoms with van der Waals surface area (Å²) in [5.74, 6) is 0.309. The number of aromatic hydroxyl groups is 1. The Morgan fingerprint density at radius 1 is 1.48 bits per heavy atom. The van der Waals surface area contributed by atoms with E-state index in [4.69, 9.17) is 5.73 Å². The van der Waals surface area contributed by atoms with E-state index < -0.39 is 0 Å². The van der Waals surface area contributed by atoms with Gasteiger partial charge in [0.05, 0.1) is 11.3 Å². The minimum absolute atomic E-state index is 0.111. The lowest BCUT2D eigenvalue weighted by molar-refractivity contribution is 0.480. The van der Waals surface area contributed by atoms with Gasteiger partial charge in [0, 0.05) is 17.4 Å². The molecule has 0 aliphatic heterocycles. The Morgan fingerprint density at radius 2 is 2.24 bits per heavy atom. The molecule has 0 fully saturated rings. The number of fused-ring (bicyclic) bond motifs is 1. The van der Waals surface area contributed by atoms with Gasteiger partial charge in [-0.05, 0) is 24.6 Å². The molecule has 0 amide bonds. The van der Waals surface area contributed by atoms with Crippen molar-refractivity contribution in [2.45, 2.75) is 19.8 Å². The number of rotatable bonds is 5. The van der Waals surface area contributed by atoms with Crippen LogP contribution in [0, 0.1) is 11.3 Å². The maximum Gasteiger partial charge on any atom is 0.148 e. The molecule has 2 rings (SSSR count). The van der Waals surface area contributed by atoms with Crippen molar-refractivity contribution in [2.75, 3.05) is 6.54 Å². The molecule has 0 radical (unpaired) electrons. The van der Waals surface area contributed by atoms with Crippen molar-refractivity contribution in [1.29, 1.82) is 5.26 Å². The van der Waals surface area contributed by atoms with Crippen LogP contribution in [0.1, 0.15) is 25.5 Å². The number of para-hydroxylation sites is 1. The average Bonchev–Trinajstić information content (AvgIpc) is 2.81. The summed E-state index contributed by atoms with van der Waals surface area (Å²) in [5, 5.41) is 20.1. The van der Waals surface area contributed by atoms with Gasteiger partial charge in [0.1, 0.15) is 17.7 Å². The first kappa shape index (κ1) is 14.7. The van der Waals surface area contributed by atoms with E-state index in [0.29, 0.717) is 17.6 Å². The molecule has 0 saturated heterocycles. The quantitative estimate of drug-likeness (QED) is 0.340. The van der Waals surface area contributed by atoms with Crippen LogP contribution in [-0.2, 0) is 0 Å². The molecule has 0 saturated carbocycles. The molecule has 1 aromatic carbocycles. The van der Waals surface area contributed by atoms with E-state index in [0.717, 1.165) is 18.4 Å². The lowest BCUT2D eigenvalue weighted by Crippen LogP contribution is -2.14. The third kappa shape index (κ3) is 3.23. The number of nitrogens with one attached hydrogen (secondary N) is 1. The zero-order valence-electron chi connectivity index (χ0n) is 11.9. The third-order valence-corrected chi connectivity index (χ3v) is 3.19. The smallest absolute Gasteiger partial charge is 0.148 e. The van der Waals surface area contributed by atoms with Crippen molar-refractivity contribution in [2.24, 2.45) is 10.7 Å². The summed E-state index contributed by atoms with van der Waals surface area (Å²) >= 11 is 0. The minimum Gasteiger partial charge on any atom is -0.505 e. The van der Waals surface area contributed by atoms with E-state index in [-0.39, 0.29) is 17.2 Å². The zero-order valence-corrected chi connectivity index (χ0v) is 11.9. The topological polar surface area (TPSA) is 98.2 Å². The first-order valence-corrected chi connectivity index (χ1v) is 6.89. The van der Waals surface area contributed by atoms with Crippen LogP contribution >= 0.6 is 0 Å². The fourth-order valence-corrected chi connectivity index (χ4v) is 2.00. The number of hydrogen-bond acceptors (Lipinski definition) is 3. The number of amidine groups is 1. The number of hydrogen-bond donors (Lipinski definition) is 3. The number of nitrogens with two attached hydrogens (primary N) is 1. The number of nitrogens with zero attached hydrogens (tertiary/aromatic N) is 2. The van der Waals surface area contributed by atoms with Crippen LogP contribution in [0.25, 0.3) is 17.0 Å². The van der Waals surface area contributed by atoms with Gasteiger partial charge >= 0.3 is 0 Å². The summed E-state index contributed by atoms with van der Waals surface area (Å²) in [6.45, 7) is 2.66. The number of H-pyrrole nitrogens is 1. The molecule has 1 aromatic heterocycles. The van der Waals surface area contributed by atoms with Gasteiger partial charge in [0.25, 0.3) is 0 Å². The van der Waals surface area contributed by atoms with Crippen LogP contribution in [0.5, 0.6) is 5.75 Å². The van der Waals surface area contributed by atoms with Crippen molar-refractivity contribution in [3.05, 3.63) is 35.5 Å². The molecule has 21 heavy (non-hydrogen) atoms. The zero-order chi connectivity index (χ0) is 15.2. The first-order chi connectivity index (χ1) is 10.2. The van der Waals surface area contributed by atoms with Crippen LogP contribution in [0.4, 0.5) is 0 Å². The molecular weight excluding hydrogens is 264 g/mol. The standard InChI is InChI=1S/C16H18N4O/c1-2-3-8-19-16(18)11(10-17)9-14-15(21)12-6-4-5-7-13(12)20-14/h4-7,9,20-21H,2-3,8H2,1H3,(H2,18,19)/b11-9+. The Kier molecular flexibility index (Phi) is 4.62. The Morgan fingerprint density at radius 3 is 2.90 bits per heavy atom. The second kappa shape index (κ2) is 6.62. The Bertz CT molecular complexity index is 734. The van der Waals surface area contributed by atoms with Gasteiger partial charge in [-0.2, -0.15) is 5.26 Å². The van der Waals surface area contributed by atoms with Crippen LogP contribution in [0.2, 0.25) is 0 Å². The number of benzene rings is 1. The number of nitriles is 1. The molecule has 2 aromatic rings. The molecule has 5 heteroatoms. The highest BCUT2D eigenvalue weighted by Gasteiger charge is 2.10. The summed E-state index contributed by atoms with van der Waals surface area (Å²) in [6, 6.07) is 9.41. The Balaban J connectivity index is 2.36. The van der Waals surface area contributed by atoms with Gasteiger partial charge in [0.2, 0.25) is 0 Å². The second-order valence-corrected chi connectivity index (χ2v) is 4.72. The molecule has 108 valence electrons. The number of aromatic amines is 1. The molecule has 1 heterocycles. The largest absolute Gasteiger partial charge is 0.505 e. The van der Waals surface area contributed by atoms with Crippen LogP contribution in [-0.4, -0.2) is 22.5 Å². The van der Waals surface area contributed by atoms with Crippen LogP contribution < -0.4 is 5.73 Å². The normalized spacial score (nSPS) is 12.6. The van der Waals surface area contributed by atoms with E-state index in [1.54, 1.807) is 0 Å². The fourth-order valence-electron chi connectivity index (χ4n) is 2.00. The molecule has 0 unspecified atom stereocenters.